The molecule has 1 saturated carbocycles. The Morgan fingerprint density at radius 3 is 2.55 bits per heavy atom. The van der Waals surface area contributed by atoms with Crippen molar-refractivity contribution in [1.82, 2.24) is 0 Å². The molecule has 2 aliphatic rings. The van der Waals surface area contributed by atoms with Crippen molar-refractivity contribution in [3.8, 4) is 0 Å². The highest BCUT2D eigenvalue weighted by Crippen LogP contribution is 2.63. The number of carbonyl (C=O) groups excluding carboxylic acids is 1. The Bertz CT molecular complexity index is 399. The van der Waals surface area contributed by atoms with Gasteiger partial charge in [-0.2, -0.15) is 0 Å². The summed E-state index contributed by atoms with van der Waals surface area (Å²) in [4.78, 5) is 12.1. The van der Waals surface area contributed by atoms with Crippen LogP contribution in [0.15, 0.2) is 0 Å². The number of aliphatic hydroxyl groups excluding tert-OH is 1. The van der Waals surface area contributed by atoms with E-state index in [9.17, 15) is 18.7 Å². The molecule has 0 bridgehead atoms. The van der Waals surface area contributed by atoms with E-state index in [4.69, 9.17) is 4.74 Å². The number of ether oxygens (including phenoxy) is 1. The largest absolute Gasteiger partial charge is 0.462 e. The number of halogens is 2. The molecule has 2 fully saturated rings. The normalized spacial score (nSPS) is 44.9. The summed E-state index contributed by atoms with van der Waals surface area (Å²) >= 11 is 0. The fourth-order valence-corrected chi connectivity index (χ4v) is 4.63. The molecule has 116 valence electrons. The van der Waals surface area contributed by atoms with Crippen LogP contribution in [0.2, 0.25) is 0 Å². The molecule has 20 heavy (non-hydrogen) atoms. The lowest BCUT2D eigenvalue weighted by atomic mass is 9.50. The molecule has 5 heteroatoms. The van der Waals surface area contributed by atoms with Gasteiger partial charge in [-0.3, -0.25) is 4.79 Å². The average Bonchev–Trinajstić information content (AvgIpc) is 2.62. The highest BCUT2D eigenvalue weighted by Gasteiger charge is 2.69. The molecule has 0 aromatic carbocycles. The van der Waals surface area contributed by atoms with Gasteiger partial charge in [-0.1, -0.05) is 27.2 Å². The van der Waals surface area contributed by atoms with Crippen molar-refractivity contribution in [2.24, 2.45) is 29.1 Å². The second-order valence-electron chi connectivity index (χ2n) is 6.48. The van der Waals surface area contributed by atoms with E-state index < -0.39 is 47.6 Å². The van der Waals surface area contributed by atoms with E-state index in [-0.39, 0.29) is 12.5 Å². The average molecular weight is 290 g/mol. The third-order valence-corrected chi connectivity index (χ3v) is 5.94. The quantitative estimate of drug-likeness (QED) is 0.813. The fourth-order valence-electron chi connectivity index (χ4n) is 4.63. The molecule has 6 unspecified atom stereocenters. The van der Waals surface area contributed by atoms with E-state index in [0.717, 1.165) is 6.42 Å². The number of hydrogen-bond acceptors (Lipinski definition) is 3. The molecular formula is C15H24F2O3. The predicted octanol–water partition coefficient (Wildman–Crippen LogP) is 2.86. The van der Waals surface area contributed by atoms with Crippen molar-refractivity contribution in [3.05, 3.63) is 0 Å². The number of carbonyl (C=O) groups is 1. The summed E-state index contributed by atoms with van der Waals surface area (Å²) in [5, 5.41) is 9.75. The third-order valence-electron chi connectivity index (χ3n) is 5.94. The summed E-state index contributed by atoms with van der Waals surface area (Å²) in [5.74, 6) is -5.79. The first kappa shape index (κ1) is 15.7. The lowest BCUT2D eigenvalue weighted by Crippen LogP contribution is -2.59. The molecule has 0 radical (unpaired) electrons. The van der Waals surface area contributed by atoms with Crippen molar-refractivity contribution >= 4 is 5.97 Å². The van der Waals surface area contributed by atoms with E-state index in [1.165, 1.54) is 6.92 Å². The van der Waals surface area contributed by atoms with Gasteiger partial charge in [0.1, 0.15) is 6.10 Å². The Labute approximate surface area is 118 Å². The standard InChI is InChI=1S/C15H24F2O3/c1-5-8(2)15-10(4)20-13(19)11(15)6-14(16,17)9(3)12(15)7-18/h8-12,18H,5-7H2,1-4H3. The summed E-state index contributed by atoms with van der Waals surface area (Å²) in [6.45, 7) is 6.89. The monoisotopic (exact) mass is 290 g/mol. The zero-order chi connectivity index (χ0) is 15.3. The second-order valence-corrected chi connectivity index (χ2v) is 6.48. The Morgan fingerprint density at radius 2 is 2.05 bits per heavy atom. The van der Waals surface area contributed by atoms with Gasteiger partial charge >= 0.3 is 5.97 Å². The molecule has 6 atom stereocenters. The first-order valence-corrected chi connectivity index (χ1v) is 7.42. The number of alkyl halides is 2. The third kappa shape index (κ3) is 1.81. The van der Waals surface area contributed by atoms with Crippen LogP contribution in [0.3, 0.4) is 0 Å². The van der Waals surface area contributed by atoms with E-state index >= 15 is 0 Å². The van der Waals surface area contributed by atoms with Crippen LogP contribution in [-0.2, 0) is 9.53 Å². The molecule has 3 nitrogen and oxygen atoms in total. The molecule has 1 aliphatic carbocycles. The lowest BCUT2D eigenvalue weighted by molar-refractivity contribution is -0.195. The molecule has 1 N–H and O–H groups in total. The summed E-state index contributed by atoms with van der Waals surface area (Å²) in [6.07, 6.45) is -0.115. The first-order chi connectivity index (χ1) is 9.23. The first-order valence-electron chi connectivity index (χ1n) is 7.42. The zero-order valence-electron chi connectivity index (χ0n) is 12.5. The molecule has 0 amide bonds. The van der Waals surface area contributed by atoms with Crippen LogP contribution in [0.1, 0.15) is 40.5 Å². The van der Waals surface area contributed by atoms with Gasteiger partial charge in [0, 0.05) is 30.3 Å². The van der Waals surface area contributed by atoms with Gasteiger partial charge in [0.25, 0.3) is 5.92 Å². The van der Waals surface area contributed by atoms with E-state index in [1.807, 2.05) is 13.8 Å². The van der Waals surface area contributed by atoms with E-state index in [2.05, 4.69) is 0 Å². The summed E-state index contributed by atoms with van der Waals surface area (Å²) in [6, 6.07) is 0. The molecule has 1 aliphatic heterocycles. The van der Waals surface area contributed by atoms with Gasteiger partial charge in [-0.25, -0.2) is 8.78 Å². The molecule has 0 aromatic heterocycles. The van der Waals surface area contributed by atoms with Crippen LogP contribution in [0, 0.1) is 29.1 Å². The SMILES string of the molecule is CCC(C)C12C(C)OC(=O)C1CC(F)(F)C(C)C2CO. The predicted molar refractivity (Wildman–Crippen MR) is 70.2 cm³/mol. The molecule has 1 heterocycles. The summed E-state index contributed by atoms with van der Waals surface area (Å²) in [5.41, 5.74) is -0.679. The zero-order valence-corrected chi connectivity index (χ0v) is 12.5. The summed E-state index contributed by atoms with van der Waals surface area (Å²) < 4.78 is 33.7. The van der Waals surface area contributed by atoms with Crippen LogP contribution in [0.4, 0.5) is 8.78 Å². The van der Waals surface area contributed by atoms with Crippen molar-refractivity contribution in [1.29, 1.82) is 0 Å². The molecule has 2 rings (SSSR count). The minimum Gasteiger partial charge on any atom is -0.462 e. The number of hydrogen-bond donors (Lipinski definition) is 1. The van der Waals surface area contributed by atoms with Crippen LogP contribution >= 0.6 is 0 Å². The number of rotatable bonds is 3. The number of cyclic esters (lactones) is 1. The van der Waals surface area contributed by atoms with Crippen molar-refractivity contribution in [2.75, 3.05) is 6.61 Å². The lowest BCUT2D eigenvalue weighted by Gasteiger charge is -2.53. The van der Waals surface area contributed by atoms with Crippen molar-refractivity contribution in [2.45, 2.75) is 52.6 Å². The van der Waals surface area contributed by atoms with E-state index in [1.54, 1.807) is 6.92 Å². The van der Waals surface area contributed by atoms with Gasteiger partial charge in [-0.05, 0) is 12.8 Å². The minimum atomic E-state index is -2.93. The maximum absolute atomic E-state index is 14.2. The molecular weight excluding hydrogens is 266 g/mol. The van der Waals surface area contributed by atoms with Crippen LogP contribution < -0.4 is 0 Å². The van der Waals surface area contributed by atoms with Gasteiger partial charge in [0.05, 0.1) is 5.92 Å². The highest BCUT2D eigenvalue weighted by atomic mass is 19.3. The number of esters is 1. The fraction of sp³-hybridized carbons (Fsp3) is 0.933. The maximum Gasteiger partial charge on any atom is 0.310 e. The Hall–Kier alpha value is -0.710. The van der Waals surface area contributed by atoms with Gasteiger partial charge in [0.2, 0.25) is 0 Å². The topological polar surface area (TPSA) is 46.5 Å². The Kier molecular flexibility index (Phi) is 3.87. The Balaban J connectivity index is 2.57. The van der Waals surface area contributed by atoms with Gasteiger partial charge < -0.3 is 9.84 Å². The van der Waals surface area contributed by atoms with Crippen molar-refractivity contribution < 1.29 is 23.4 Å². The highest BCUT2D eigenvalue weighted by molar-refractivity contribution is 5.77. The van der Waals surface area contributed by atoms with E-state index in [0.29, 0.717) is 0 Å². The molecule has 0 spiro atoms. The van der Waals surface area contributed by atoms with Crippen LogP contribution in [-0.4, -0.2) is 29.7 Å². The van der Waals surface area contributed by atoms with Crippen LogP contribution in [0.25, 0.3) is 0 Å². The smallest absolute Gasteiger partial charge is 0.310 e. The Morgan fingerprint density at radius 1 is 1.45 bits per heavy atom. The maximum atomic E-state index is 14.2. The van der Waals surface area contributed by atoms with Crippen LogP contribution in [0.5, 0.6) is 0 Å². The summed E-state index contributed by atoms with van der Waals surface area (Å²) in [7, 11) is 0. The number of fused-ring (bicyclic) bond motifs is 1. The molecule has 1 saturated heterocycles. The van der Waals surface area contributed by atoms with Gasteiger partial charge in [-0.15, -0.1) is 0 Å². The number of aliphatic hydroxyl groups is 1. The minimum absolute atomic E-state index is 0.0460. The van der Waals surface area contributed by atoms with Gasteiger partial charge in [0.15, 0.2) is 0 Å². The second kappa shape index (κ2) is 4.93. The van der Waals surface area contributed by atoms with Crippen molar-refractivity contribution in [3.63, 3.8) is 0 Å². The molecule has 0 aromatic rings.